The largest absolute Gasteiger partial charge is 0.491 e. The predicted octanol–water partition coefficient (Wildman–Crippen LogP) is 4.30. The molecule has 0 fully saturated rings. The number of ether oxygens (including phenoxy) is 1. The Morgan fingerprint density at radius 2 is 2.04 bits per heavy atom. The summed E-state index contributed by atoms with van der Waals surface area (Å²) in [6.45, 7) is 3.76. The zero-order chi connectivity index (χ0) is 19.2. The number of nitrogens with one attached hydrogen (secondary N) is 3. The van der Waals surface area contributed by atoms with Crippen LogP contribution in [0, 0.1) is 12.7 Å². The van der Waals surface area contributed by atoms with Crippen LogP contribution < -0.4 is 20.7 Å². The van der Waals surface area contributed by atoms with Crippen LogP contribution in [-0.2, 0) is 0 Å². The molecule has 0 saturated heterocycles. The lowest BCUT2D eigenvalue weighted by Gasteiger charge is -2.15. The molecule has 0 bridgehead atoms. The summed E-state index contributed by atoms with van der Waals surface area (Å²) in [6, 6.07) is 8.91. The molecule has 0 radical (unpaired) electrons. The van der Waals surface area contributed by atoms with Gasteiger partial charge < -0.3 is 19.9 Å². The third kappa shape index (κ3) is 4.72. The molecule has 3 N–H and O–H groups in total. The molecule has 140 valence electrons. The molecule has 0 aliphatic heterocycles. The van der Waals surface area contributed by atoms with Crippen molar-refractivity contribution in [3.05, 3.63) is 54.2 Å². The van der Waals surface area contributed by atoms with E-state index in [1.54, 1.807) is 44.3 Å². The summed E-state index contributed by atoms with van der Waals surface area (Å²) in [6.07, 6.45) is 1.61. The first-order valence-corrected chi connectivity index (χ1v) is 8.21. The Labute approximate surface area is 154 Å². The predicted molar refractivity (Wildman–Crippen MR) is 99.0 cm³/mol. The number of hydrogen-bond donors (Lipinski definition) is 3. The fourth-order valence-corrected chi connectivity index (χ4v) is 2.30. The lowest BCUT2D eigenvalue weighted by molar-refractivity contribution is 0.262. The number of benzene rings is 1. The van der Waals surface area contributed by atoms with Crippen LogP contribution >= 0.6 is 0 Å². The quantitative estimate of drug-likeness (QED) is 0.597. The van der Waals surface area contributed by atoms with Crippen LogP contribution in [-0.4, -0.2) is 22.8 Å². The number of rotatable bonds is 6. The molecule has 8 nitrogen and oxygen atoms in total. The van der Waals surface area contributed by atoms with E-state index in [0.29, 0.717) is 23.9 Å². The van der Waals surface area contributed by atoms with E-state index in [-0.39, 0.29) is 17.3 Å². The van der Waals surface area contributed by atoms with Gasteiger partial charge in [-0.25, -0.2) is 14.2 Å². The molecule has 0 aliphatic carbocycles. The second kappa shape index (κ2) is 8.17. The van der Waals surface area contributed by atoms with Crippen LogP contribution in [0.5, 0.6) is 5.75 Å². The Kier molecular flexibility index (Phi) is 5.50. The van der Waals surface area contributed by atoms with Crippen LogP contribution in [0.4, 0.5) is 32.2 Å². The Morgan fingerprint density at radius 1 is 1.19 bits per heavy atom. The van der Waals surface area contributed by atoms with E-state index in [2.05, 4.69) is 26.1 Å². The van der Waals surface area contributed by atoms with E-state index < -0.39 is 11.8 Å². The summed E-state index contributed by atoms with van der Waals surface area (Å²) in [4.78, 5) is 16.4. The topological polar surface area (TPSA) is 101 Å². The zero-order valence-electron chi connectivity index (χ0n) is 14.7. The second-order valence-electron chi connectivity index (χ2n) is 5.50. The van der Waals surface area contributed by atoms with E-state index in [0.717, 1.165) is 0 Å². The van der Waals surface area contributed by atoms with Gasteiger partial charge in [0, 0.05) is 24.4 Å². The van der Waals surface area contributed by atoms with Gasteiger partial charge in [0.2, 0.25) is 0 Å². The Balaban J connectivity index is 1.85. The Hall–Kier alpha value is -3.62. The van der Waals surface area contributed by atoms with Crippen LogP contribution in [0.3, 0.4) is 0 Å². The molecule has 2 aromatic heterocycles. The number of amides is 2. The summed E-state index contributed by atoms with van der Waals surface area (Å²) < 4.78 is 24.4. The Morgan fingerprint density at radius 3 is 2.70 bits per heavy atom. The lowest BCUT2D eigenvalue weighted by atomic mass is 10.2. The maximum absolute atomic E-state index is 14.3. The van der Waals surface area contributed by atoms with Gasteiger partial charge in [0.05, 0.1) is 18.0 Å². The fourth-order valence-electron chi connectivity index (χ4n) is 2.30. The Bertz CT molecular complexity index is 930. The first-order chi connectivity index (χ1) is 13.0. The van der Waals surface area contributed by atoms with Crippen LogP contribution in [0.2, 0.25) is 0 Å². The average molecular weight is 371 g/mol. The van der Waals surface area contributed by atoms with Crippen molar-refractivity contribution < 1.29 is 18.4 Å². The van der Waals surface area contributed by atoms with Crippen molar-refractivity contribution >= 4 is 29.0 Å². The molecule has 0 spiro atoms. The summed E-state index contributed by atoms with van der Waals surface area (Å²) >= 11 is 0. The summed E-state index contributed by atoms with van der Waals surface area (Å²) in [7, 11) is 0. The van der Waals surface area contributed by atoms with Gasteiger partial charge >= 0.3 is 6.03 Å². The minimum Gasteiger partial charge on any atom is -0.491 e. The number of carbonyl (C=O) groups excluding carboxylic acids is 1. The molecular formula is C18H18FN5O3. The molecule has 27 heavy (non-hydrogen) atoms. The minimum atomic E-state index is -0.601. The van der Waals surface area contributed by atoms with E-state index in [4.69, 9.17) is 9.26 Å². The van der Waals surface area contributed by atoms with Crippen molar-refractivity contribution in [2.45, 2.75) is 13.8 Å². The number of anilines is 4. The normalized spacial score (nSPS) is 10.3. The highest BCUT2D eigenvalue weighted by molar-refractivity contribution is 6.01. The highest BCUT2D eigenvalue weighted by Gasteiger charge is 2.15. The standard InChI is InChI=1S/C18H18FN5O3/c1-3-26-15-10-14(21-16-6-4-5-7-20-16)13(9-12(15)19)22-18(25)23-17-8-11(2)27-24-17/h4-10H,3H2,1-2H3,(H,20,21)(H2,22,23,24,25). The van der Waals surface area contributed by atoms with Crippen LogP contribution in [0.25, 0.3) is 0 Å². The van der Waals surface area contributed by atoms with Crippen molar-refractivity contribution in [2.75, 3.05) is 22.6 Å². The SMILES string of the molecule is CCOc1cc(Nc2ccccn2)c(NC(=O)Nc2cc(C)on2)cc1F. The van der Waals surface area contributed by atoms with Gasteiger partial charge in [-0.15, -0.1) is 0 Å². The van der Waals surface area contributed by atoms with Crippen molar-refractivity contribution in [1.29, 1.82) is 0 Å². The van der Waals surface area contributed by atoms with Crippen molar-refractivity contribution in [1.82, 2.24) is 10.1 Å². The van der Waals surface area contributed by atoms with Gasteiger partial charge in [0.25, 0.3) is 0 Å². The molecule has 3 rings (SSSR count). The monoisotopic (exact) mass is 371 g/mol. The average Bonchev–Trinajstić information content (AvgIpc) is 3.04. The lowest BCUT2D eigenvalue weighted by Crippen LogP contribution is -2.20. The molecule has 0 saturated carbocycles. The molecule has 9 heteroatoms. The van der Waals surface area contributed by atoms with Gasteiger partial charge in [-0.3, -0.25) is 5.32 Å². The maximum atomic E-state index is 14.3. The van der Waals surface area contributed by atoms with Crippen LogP contribution in [0.1, 0.15) is 12.7 Å². The molecule has 3 aromatic rings. The smallest absolute Gasteiger partial charge is 0.325 e. The number of aryl methyl sites for hydroxylation is 1. The number of halogens is 1. The van der Waals surface area contributed by atoms with E-state index in [9.17, 15) is 9.18 Å². The number of carbonyl (C=O) groups is 1. The third-order valence-corrected chi connectivity index (χ3v) is 3.42. The van der Waals surface area contributed by atoms with E-state index in [1.807, 2.05) is 0 Å². The van der Waals surface area contributed by atoms with Gasteiger partial charge in [-0.05, 0) is 26.0 Å². The van der Waals surface area contributed by atoms with Gasteiger partial charge in [-0.2, -0.15) is 0 Å². The first-order valence-electron chi connectivity index (χ1n) is 8.21. The number of nitrogens with zero attached hydrogens (tertiary/aromatic N) is 2. The molecule has 2 amide bonds. The summed E-state index contributed by atoms with van der Waals surface area (Å²) in [5.41, 5.74) is 0.629. The van der Waals surface area contributed by atoms with Gasteiger partial charge in [-0.1, -0.05) is 11.2 Å². The number of urea groups is 1. The number of pyridine rings is 1. The van der Waals surface area contributed by atoms with E-state index in [1.165, 1.54) is 12.1 Å². The van der Waals surface area contributed by atoms with Crippen molar-refractivity contribution in [3.8, 4) is 5.75 Å². The molecule has 0 aliphatic rings. The molecular weight excluding hydrogens is 353 g/mol. The molecule has 2 heterocycles. The maximum Gasteiger partial charge on any atom is 0.325 e. The van der Waals surface area contributed by atoms with Crippen molar-refractivity contribution in [3.63, 3.8) is 0 Å². The molecule has 1 aromatic carbocycles. The molecule has 0 unspecified atom stereocenters. The van der Waals surface area contributed by atoms with Gasteiger partial charge in [0.1, 0.15) is 11.6 Å². The summed E-state index contributed by atoms with van der Waals surface area (Å²) in [5, 5.41) is 11.8. The second-order valence-corrected chi connectivity index (χ2v) is 5.50. The minimum absolute atomic E-state index is 0.0639. The van der Waals surface area contributed by atoms with Crippen LogP contribution in [0.15, 0.2) is 47.1 Å². The van der Waals surface area contributed by atoms with Gasteiger partial charge in [0.15, 0.2) is 17.4 Å². The molecule has 0 atom stereocenters. The fraction of sp³-hybridized carbons (Fsp3) is 0.167. The highest BCUT2D eigenvalue weighted by atomic mass is 19.1. The number of hydrogen-bond acceptors (Lipinski definition) is 6. The first kappa shape index (κ1) is 18.2. The van der Waals surface area contributed by atoms with E-state index >= 15 is 0 Å². The summed E-state index contributed by atoms with van der Waals surface area (Å²) in [5.74, 6) is 0.790. The highest BCUT2D eigenvalue weighted by Crippen LogP contribution is 2.32. The number of aromatic nitrogens is 2. The third-order valence-electron chi connectivity index (χ3n) is 3.42. The zero-order valence-corrected chi connectivity index (χ0v) is 14.7. The van der Waals surface area contributed by atoms with Crippen molar-refractivity contribution in [2.24, 2.45) is 0 Å².